The van der Waals surface area contributed by atoms with Gasteiger partial charge >= 0.3 is 40.0 Å². The van der Waals surface area contributed by atoms with Crippen LogP contribution < -0.4 is 5.73 Å². The summed E-state index contributed by atoms with van der Waals surface area (Å²) < 4.78 is 58.9. The predicted octanol–water partition coefficient (Wildman–Crippen LogP) is -2.47. The van der Waals surface area contributed by atoms with Crippen LogP contribution in [0.25, 0.3) is 0 Å². The van der Waals surface area contributed by atoms with E-state index >= 15 is 0 Å². The minimum absolute atomic E-state index is 0. The van der Waals surface area contributed by atoms with Crippen molar-refractivity contribution >= 4 is 50.1 Å². The van der Waals surface area contributed by atoms with E-state index in [2.05, 4.69) is 0 Å². The Morgan fingerprint density at radius 3 is 1.23 bits per heavy atom. The van der Waals surface area contributed by atoms with Gasteiger partial charge in [0, 0.05) is 6.54 Å². The van der Waals surface area contributed by atoms with Gasteiger partial charge in [-0.05, 0) is 0 Å². The monoisotopic (exact) mass is 247 g/mol. The van der Waals surface area contributed by atoms with E-state index in [9.17, 15) is 8.42 Å². The van der Waals surface area contributed by atoms with Crippen LogP contribution in [0.5, 0.6) is 0 Å². The first-order valence-corrected chi connectivity index (χ1v) is 5.42. The quantitative estimate of drug-likeness (QED) is 0.309. The van der Waals surface area contributed by atoms with Crippen LogP contribution in [0.1, 0.15) is 0 Å². The fourth-order valence-electron chi connectivity index (χ4n) is 0.149. The summed E-state index contributed by atoms with van der Waals surface area (Å²) >= 11 is 0. The van der Waals surface area contributed by atoms with Crippen molar-refractivity contribution in [3.05, 3.63) is 0 Å². The Bertz CT molecular complexity index is 284. The molecule has 0 radical (unpaired) electrons. The van der Waals surface area contributed by atoms with Crippen LogP contribution in [0.4, 0.5) is 0 Å². The van der Waals surface area contributed by atoms with Gasteiger partial charge in [0.2, 0.25) is 0 Å². The number of hydrogen-bond acceptors (Lipinski definition) is 5. The molecule has 0 aromatic rings. The van der Waals surface area contributed by atoms with Crippen LogP contribution in [-0.2, 0) is 20.5 Å². The molecule has 0 heterocycles. The zero-order chi connectivity index (χ0) is 10.4. The van der Waals surface area contributed by atoms with Gasteiger partial charge in [0.25, 0.3) is 10.1 Å². The SMILES string of the molecule is NCCS(=O)(=O)O.O=S(=O)(O)O.[NaH]. The summed E-state index contributed by atoms with van der Waals surface area (Å²) in [4.78, 5) is 0. The molecule has 8 nitrogen and oxygen atoms in total. The Hall–Kier alpha value is 0.740. The van der Waals surface area contributed by atoms with Crippen LogP contribution in [0.3, 0.4) is 0 Å². The molecule has 0 spiro atoms. The number of hydrogen-bond donors (Lipinski definition) is 4. The van der Waals surface area contributed by atoms with E-state index in [4.69, 9.17) is 27.8 Å². The number of nitrogens with two attached hydrogens (primary N) is 1. The second-order valence-electron chi connectivity index (χ2n) is 1.52. The van der Waals surface area contributed by atoms with Crippen molar-refractivity contribution in [3.63, 3.8) is 0 Å². The average Bonchev–Trinajstić information content (AvgIpc) is 1.54. The van der Waals surface area contributed by atoms with Gasteiger partial charge in [-0.25, -0.2) is 0 Å². The molecular weight excluding hydrogens is 237 g/mol. The van der Waals surface area contributed by atoms with E-state index in [1.807, 2.05) is 0 Å². The van der Waals surface area contributed by atoms with E-state index in [1.165, 1.54) is 0 Å². The van der Waals surface area contributed by atoms with Crippen molar-refractivity contribution in [2.24, 2.45) is 5.73 Å². The molecule has 0 amide bonds. The maximum atomic E-state index is 9.71. The molecule has 0 unspecified atom stereocenters. The molecule has 5 N–H and O–H groups in total. The first-order valence-electron chi connectivity index (χ1n) is 2.41. The van der Waals surface area contributed by atoms with Crippen LogP contribution >= 0.6 is 0 Å². The molecule has 11 heteroatoms. The fraction of sp³-hybridized carbons (Fsp3) is 1.00. The summed E-state index contributed by atoms with van der Waals surface area (Å²) in [5.74, 6) is -0.354. The van der Waals surface area contributed by atoms with Crippen molar-refractivity contribution in [2.45, 2.75) is 0 Å². The van der Waals surface area contributed by atoms with Gasteiger partial charge in [0.05, 0.1) is 5.75 Å². The molecule has 0 saturated carbocycles. The molecule has 0 bridgehead atoms. The second-order valence-corrected chi connectivity index (χ2v) is 3.99. The standard InChI is InChI=1S/C2H7NO3S.Na.H2O4S.H/c3-1-2-7(4,5)6;;1-5(2,3)4;/h1-3H2,(H,4,5,6);;(H2,1,2,3,4);. The van der Waals surface area contributed by atoms with E-state index in [0.717, 1.165) is 0 Å². The van der Waals surface area contributed by atoms with Gasteiger partial charge < -0.3 is 5.73 Å². The first kappa shape index (κ1) is 19.3. The summed E-state index contributed by atoms with van der Waals surface area (Å²) in [5.41, 5.74) is 4.78. The fourth-order valence-corrected chi connectivity index (χ4v) is 0.447. The Kier molecular flexibility index (Phi) is 12.0. The number of rotatable bonds is 2. The molecular formula is C2H10NNaO7S2. The zero-order valence-electron chi connectivity index (χ0n) is 5.78. The van der Waals surface area contributed by atoms with Gasteiger partial charge in [-0.15, -0.1) is 0 Å². The van der Waals surface area contributed by atoms with Gasteiger partial charge in [0.1, 0.15) is 0 Å². The molecule has 0 atom stereocenters. The van der Waals surface area contributed by atoms with Crippen LogP contribution in [-0.4, -0.2) is 72.3 Å². The molecule has 0 aliphatic heterocycles. The summed E-state index contributed by atoms with van der Waals surface area (Å²) in [6, 6.07) is 0. The van der Waals surface area contributed by atoms with Gasteiger partial charge in [-0.2, -0.15) is 16.8 Å². The van der Waals surface area contributed by atoms with E-state index < -0.39 is 20.5 Å². The summed E-state index contributed by atoms with van der Waals surface area (Å²) in [5, 5.41) is 0. The van der Waals surface area contributed by atoms with Crippen molar-refractivity contribution in [2.75, 3.05) is 12.3 Å². The van der Waals surface area contributed by atoms with Crippen molar-refractivity contribution in [3.8, 4) is 0 Å². The Balaban J connectivity index is -0.000000150. The van der Waals surface area contributed by atoms with E-state index in [0.29, 0.717) is 0 Å². The molecule has 78 valence electrons. The van der Waals surface area contributed by atoms with E-state index in [1.54, 1.807) is 0 Å². The minimum atomic E-state index is -4.67. The van der Waals surface area contributed by atoms with Crippen molar-refractivity contribution in [1.82, 2.24) is 0 Å². The first-order chi connectivity index (χ1) is 5.06. The van der Waals surface area contributed by atoms with Crippen molar-refractivity contribution < 1.29 is 30.5 Å². The summed E-state index contributed by atoms with van der Waals surface area (Å²) in [6.45, 7) is -0.0289. The van der Waals surface area contributed by atoms with Gasteiger partial charge in [-0.3, -0.25) is 13.7 Å². The molecule has 0 aliphatic carbocycles. The normalized spacial score (nSPS) is 10.8. The van der Waals surface area contributed by atoms with Crippen LogP contribution in [0.15, 0.2) is 0 Å². The van der Waals surface area contributed by atoms with Crippen molar-refractivity contribution in [1.29, 1.82) is 0 Å². The molecule has 0 fully saturated rings. The Morgan fingerprint density at radius 2 is 1.23 bits per heavy atom. The Labute approximate surface area is 98.1 Å². The van der Waals surface area contributed by atoms with Gasteiger partial charge in [0.15, 0.2) is 0 Å². The Morgan fingerprint density at radius 1 is 1.00 bits per heavy atom. The van der Waals surface area contributed by atoms with Crippen LogP contribution in [0, 0.1) is 0 Å². The zero-order valence-corrected chi connectivity index (χ0v) is 7.42. The maximum absolute atomic E-state index is 9.71. The third kappa shape index (κ3) is 65.4. The van der Waals surface area contributed by atoms with E-state index in [-0.39, 0.29) is 41.9 Å². The molecule has 0 saturated heterocycles. The van der Waals surface area contributed by atoms with Gasteiger partial charge in [-0.1, -0.05) is 0 Å². The molecule has 0 rings (SSSR count). The third-order valence-electron chi connectivity index (χ3n) is 0.376. The van der Waals surface area contributed by atoms with Crippen LogP contribution in [0.2, 0.25) is 0 Å². The topological polar surface area (TPSA) is 155 Å². The molecule has 0 aliphatic rings. The third-order valence-corrected chi connectivity index (χ3v) is 1.13. The molecule has 13 heavy (non-hydrogen) atoms. The molecule has 0 aromatic carbocycles. The summed E-state index contributed by atoms with van der Waals surface area (Å²) in [6.07, 6.45) is 0. The second kappa shape index (κ2) is 8.08. The molecule has 0 aromatic heterocycles. The summed E-state index contributed by atoms with van der Waals surface area (Å²) in [7, 11) is -8.47. The average molecular weight is 247 g/mol. The predicted molar refractivity (Wildman–Crippen MR) is 46.8 cm³/mol.